The lowest BCUT2D eigenvalue weighted by molar-refractivity contribution is 0.134. The van der Waals surface area contributed by atoms with Gasteiger partial charge in [0.2, 0.25) is 5.09 Å². The topological polar surface area (TPSA) is 77.8 Å². The van der Waals surface area contributed by atoms with Gasteiger partial charge in [0.25, 0.3) is 10.0 Å². The van der Waals surface area contributed by atoms with Crippen molar-refractivity contribution in [2.24, 2.45) is 0 Å². The smallest absolute Gasteiger partial charge is 0.286 e. The fourth-order valence-corrected chi connectivity index (χ4v) is 3.09. The quantitative estimate of drug-likeness (QED) is 0.782. The first-order valence-corrected chi connectivity index (χ1v) is 8.63. The Bertz CT molecular complexity index is 548. The maximum atomic E-state index is 12.3. The van der Waals surface area contributed by atoms with Gasteiger partial charge >= 0.3 is 0 Å². The second-order valence-electron chi connectivity index (χ2n) is 5.64. The van der Waals surface area contributed by atoms with E-state index in [1.54, 1.807) is 11.1 Å². The summed E-state index contributed by atoms with van der Waals surface area (Å²) in [6.45, 7) is 7.57. The van der Waals surface area contributed by atoms with Crippen molar-refractivity contribution in [1.82, 2.24) is 20.1 Å². The standard InChI is InChI=1S/C13H24N4O3S/c1-11(2)14-10-12-4-5-13(20-12)21(18,19)15-17-8-6-16(3)7-9-17/h4-5,11,14-15H,6-10H2,1-3H3. The second-order valence-corrected chi connectivity index (χ2v) is 7.23. The molecular weight excluding hydrogens is 292 g/mol. The zero-order valence-corrected chi connectivity index (χ0v) is 13.6. The van der Waals surface area contributed by atoms with Crippen molar-refractivity contribution in [2.45, 2.75) is 31.5 Å². The highest BCUT2D eigenvalue weighted by Crippen LogP contribution is 2.14. The van der Waals surface area contributed by atoms with E-state index in [4.69, 9.17) is 4.42 Å². The largest absolute Gasteiger partial charge is 0.447 e. The number of sulfonamides is 1. The van der Waals surface area contributed by atoms with Gasteiger partial charge in [-0.25, -0.2) is 13.4 Å². The van der Waals surface area contributed by atoms with E-state index >= 15 is 0 Å². The summed E-state index contributed by atoms with van der Waals surface area (Å²) in [7, 11) is -1.61. The summed E-state index contributed by atoms with van der Waals surface area (Å²) >= 11 is 0. The number of hydrogen-bond acceptors (Lipinski definition) is 6. The molecule has 0 aromatic carbocycles. The number of hydrogen-bond donors (Lipinski definition) is 2. The molecule has 1 saturated heterocycles. The highest BCUT2D eigenvalue weighted by atomic mass is 32.2. The molecule has 21 heavy (non-hydrogen) atoms. The van der Waals surface area contributed by atoms with Crippen LogP contribution in [0.2, 0.25) is 0 Å². The summed E-state index contributed by atoms with van der Waals surface area (Å²) in [5, 5.41) is 4.86. The predicted octanol–water partition coefficient (Wildman–Crippen LogP) is 0.218. The van der Waals surface area contributed by atoms with Crippen molar-refractivity contribution in [1.29, 1.82) is 0 Å². The van der Waals surface area contributed by atoms with Crippen LogP contribution in [0.3, 0.4) is 0 Å². The van der Waals surface area contributed by atoms with Crippen molar-refractivity contribution in [2.75, 3.05) is 33.2 Å². The molecule has 0 amide bonds. The van der Waals surface area contributed by atoms with Crippen LogP contribution in [0.5, 0.6) is 0 Å². The summed E-state index contributed by atoms with van der Waals surface area (Å²) < 4.78 is 29.9. The molecule has 0 unspecified atom stereocenters. The first-order valence-electron chi connectivity index (χ1n) is 7.15. The molecule has 1 aliphatic heterocycles. The molecule has 0 atom stereocenters. The Balaban J connectivity index is 1.96. The lowest BCUT2D eigenvalue weighted by atomic mass is 10.3. The zero-order valence-electron chi connectivity index (χ0n) is 12.8. The van der Waals surface area contributed by atoms with E-state index in [-0.39, 0.29) is 5.09 Å². The number of furan rings is 1. The number of nitrogens with zero attached hydrogens (tertiary/aromatic N) is 2. The lowest BCUT2D eigenvalue weighted by Crippen LogP contribution is -2.52. The third kappa shape index (κ3) is 4.79. The van der Waals surface area contributed by atoms with Gasteiger partial charge in [0.1, 0.15) is 5.76 Å². The number of nitrogens with one attached hydrogen (secondary N) is 2. The minimum absolute atomic E-state index is 0.0398. The summed E-state index contributed by atoms with van der Waals surface area (Å²) in [4.78, 5) is 4.74. The number of rotatable bonds is 6. The highest BCUT2D eigenvalue weighted by Gasteiger charge is 2.24. The van der Waals surface area contributed by atoms with Crippen LogP contribution < -0.4 is 10.1 Å². The van der Waals surface area contributed by atoms with Crippen molar-refractivity contribution in [3.8, 4) is 0 Å². The second kappa shape index (κ2) is 6.89. The molecule has 0 saturated carbocycles. The van der Waals surface area contributed by atoms with Crippen LogP contribution in [-0.4, -0.2) is 57.6 Å². The molecule has 0 radical (unpaired) electrons. The van der Waals surface area contributed by atoms with E-state index in [0.717, 1.165) is 13.1 Å². The van der Waals surface area contributed by atoms with Gasteiger partial charge in [-0.15, -0.1) is 4.83 Å². The molecular formula is C13H24N4O3S. The Morgan fingerprint density at radius 1 is 1.24 bits per heavy atom. The number of likely N-dealkylation sites (N-methyl/N-ethyl adjacent to an activating group) is 1. The molecule has 7 nitrogen and oxygen atoms in total. The van der Waals surface area contributed by atoms with Crippen LogP contribution in [0, 0.1) is 0 Å². The molecule has 1 aromatic heterocycles. The van der Waals surface area contributed by atoms with Crippen LogP contribution in [0.1, 0.15) is 19.6 Å². The first-order chi connectivity index (χ1) is 9.87. The molecule has 2 heterocycles. The summed E-state index contributed by atoms with van der Waals surface area (Å²) in [5.74, 6) is 0.613. The maximum absolute atomic E-state index is 12.3. The van der Waals surface area contributed by atoms with Gasteiger partial charge in [-0.05, 0) is 19.2 Å². The molecule has 1 fully saturated rings. The Kier molecular flexibility index (Phi) is 5.39. The minimum atomic E-state index is -3.63. The van der Waals surface area contributed by atoms with Gasteiger partial charge in [0, 0.05) is 32.2 Å². The highest BCUT2D eigenvalue weighted by molar-refractivity contribution is 7.89. The van der Waals surface area contributed by atoms with E-state index < -0.39 is 10.0 Å². The van der Waals surface area contributed by atoms with E-state index in [1.165, 1.54) is 6.07 Å². The summed E-state index contributed by atoms with van der Waals surface area (Å²) in [5.41, 5.74) is 0. The summed E-state index contributed by atoms with van der Waals surface area (Å²) in [6, 6.07) is 3.50. The number of hydrazine groups is 1. The van der Waals surface area contributed by atoms with Crippen LogP contribution >= 0.6 is 0 Å². The Morgan fingerprint density at radius 3 is 2.52 bits per heavy atom. The van der Waals surface area contributed by atoms with Crippen molar-refractivity contribution < 1.29 is 12.8 Å². The monoisotopic (exact) mass is 316 g/mol. The van der Waals surface area contributed by atoms with E-state index in [1.807, 2.05) is 20.9 Å². The van der Waals surface area contributed by atoms with E-state index in [9.17, 15) is 8.42 Å². The van der Waals surface area contributed by atoms with Crippen LogP contribution in [0.15, 0.2) is 21.6 Å². The van der Waals surface area contributed by atoms with Crippen LogP contribution in [0.4, 0.5) is 0 Å². The summed E-state index contributed by atoms with van der Waals surface area (Å²) in [6.07, 6.45) is 0. The third-order valence-electron chi connectivity index (χ3n) is 3.34. The average Bonchev–Trinajstić information content (AvgIpc) is 2.88. The molecule has 0 spiro atoms. The molecule has 120 valence electrons. The Morgan fingerprint density at radius 2 is 1.90 bits per heavy atom. The van der Waals surface area contributed by atoms with Gasteiger partial charge in [-0.3, -0.25) is 0 Å². The van der Waals surface area contributed by atoms with Gasteiger partial charge in [0.05, 0.1) is 6.54 Å². The first kappa shape index (κ1) is 16.4. The van der Waals surface area contributed by atoms with Gasteiger partial charge in [-0.1, -0.05) is 13.8 Å². The minimum Gasteiger partial charge on any atom is -0.447 e. The fraction of sp³-hybridized carbons (Fsp3) is 0.692. The molecule has 1 aromatic rings. The fourth-order valence-electron chi connectivity index (χ4n) is 2.02. The third-order valence-corrected chi connectivity index (χ3v) is 4.59. The SMILES string of the molecule is CC(C)NCc1ccc(S(=O)(=O)NN2CCN(C)CC2)o1. The van der Waals surface area contributed by atoms with Crippen molar-refractivity contribution in [3.05, 3.63) is 17.9 Å². The molecule has 0 aliphatic carbocycles. The zero-order chi connectivity index (χ0) is 15.5. The van der Waals surface area contributed by atoms with Gasteiger partial charge in [-0.2, -0.15) is 0 Å². The van der Waals surface area contributed by atoms with Crippen LogP contribution in [-0.2, 0) is 16.6 Å². The molecule has 1 aliphatic rings. The number of piperazine rings is 1. The normalized spacial score (nSPS) is 18.5. The van der Waals surface area contributed by atoms with Gasteiger partial charge in [0.15, 0.2) is 0 Å². The van der Waals surface area contributed by atoms with Gasteiger partial charge < -0.3 is 14.6 Å². The van der Waals surface area contributed by atoms with Crippen molar-refractivity contribution in [3.63, 3.8) is 0 Å². The van der Waals surface area contributed by atoms with Crippen molar-refractivity contribution >= 4 is 10.0 Å². The molecule has 0 bridgehead atoms. The maximum Gasteiger partial charge on any atom is 0.286 e. The van der Waals surface area contributed by atoms with E-state index in [0.29, 0.717) is 31.4 Å². The lowest BCUT2D eigenvalue weighted by Gasteiger charge is -2.31. The predicted molar refractivity (Wildman–Crippen MR) is 80.1 cm³/mol. The van der Waals surface area contributed by atoms with E-state index in [2.05, 4.69) is 15.0 Å². The molecule has 2 rings (SSSR count). The molecule has 2 N–H and O–H groups in total. The Labute approximate surface area is 126 Å². The molecule has 8 heteroatoms. The van der Waals surface area contributed by atoms with Crippen LogP contribution in [0.25, 0.3) is 0 Å². The Hall–Kier alpha value is -0.930. The average molecular weight is 316 g/mol.